The Morgan fingerprint density at radius 3 is 2.47 bits per heavy atom. The molecule has 1 aromatic carbocycles. The summed E-state index contributed by atoms with van der Waals surface area (Å²) in [6, 6.07) is 4.36. The zero-order valence-electron chi connectivity index (χ0n) is 8.82. The van der Waals surface area contributed by atoms with Gasteiger partial charge in [0.05, 0.1) is 0 Å². The van der Waals surface area contributed by atoms with Gasteiger partial charge < -0.3 is 10.2 Å². The highest BCUT2D eigenvalue weighted by Gasteiger charge is 2.11. The molecule has 3 aromatic rings. The van der Waals surface area contributed by atoms with Crippen molar-refractivity contribution < 1.29 is 10.2 Å². The number of hydrogen-bond donors (Lipinski definition) is 2. The fourth-order valence-corrected chi connectivity index (χ4v) is 2.42. The van der Waals surface area contributed by atoms with E-state index < -0.39 is 0 Å². The molecule has 0 radical (unpaired) electrons. The third-order valence-electron chi connectivity index (χ3n) is 2.30. The number of fused-ring (bicyclic) bond motifs is 1. The van der Waals surface area contributed by atoms with E-state index in [9.17, 15) is 10.2 Å². The summed E-state index contributed by atoms with van der Waals surface area (Å²) in [5.41, 5.74) is 0.650. The van der Waals surface area contributed by atoms with Crippen molar-refractivity contribution in [2.45, 2.75) is 6.92 Å². The van der Waals surface area contributed by atoms with Gasteiger partial charge in [0, 0.05) is 11.6 Å². The lowest BCUT2D eigenvalue weighted by atomic mass is 10.2. The lowest BCUT2D eigenvalue weighted by molar-refractivity contribution is 0.451. The van der Waals surface area contributed by atoms with E-state index in [0.29, 0.717) is 21.4 Å². The first-order chi connectivity index (χ1) is 8.13. The lowest BCUT2D eigenvalue weighted by Crippen LogP contribution is -1.88. The molecule has 0 aliphatic heterocycles. The number of rotatable bonds is 1. The number of aromatic nitrogens is 4. The Kier molecular flexibility index (Phi) is 2.02. The molecule has 0 fully saturated rings. The third-order valence-corrected chi connectivity index (χ3v) is 3.24. The minimum atomic E-state index is 0.00249. The molecule has 0 bridgehead atoms. The summed E-state index contributed by atoms with van der Waals surface area (Å²) in [5, 5.41) is 31.7. The van der Waals surface area contributed by atoms with Crippen LogP contribution in [0.5, 0.6) is 11.5 Å². The molecule has 0 atom stereocenters. The maximum atomic E-state index is 9.42. The second-order valence-corrected chi connectivity index (χ2v) is 4.54. The third kappa shape index (κ3) is 1.60. The highest BCUT2D eigenvalue weighted by molar-refractivity contribution is 7.19. The van der Waals surface area contributed by atoms with E-state index in [2.05, 4.69) is 15.3 Å². The number of phenols is 2. The van der Waals surface area contributed by atoms with Gasteiger partial charge in [-0.3, -0.25) is 0 Å². The Bertz CT molecular complexity index is 683. The fourth-order valence-electron chi connectivity index (χ4n) is 1.55. The summed E-state index contributed by atoms with van der Waals surface area (Å²) in [7, 11) is 0. The van der Waals surface area contributed by atoms with Crippen molar-refractivity contribution in [1.29, 1.82) is 0 Å². The van der Waals surface area contributed by atoms with Crippen LogP contribution in [0.3, 0.4) is 0 Å². The molecule has 0 unspecified atom stereocenters. The molecule has 0 saturated heterocycles. The zero-order valence-corrected chi connectivity index (χ0v) is 9.64. The number of aromatic hydroxyl groups is 2. The fraction of sp³-hybridized carbons (Fsp3) is 0.100. The number of hydrogen-bond acceptors (Lipinski definition) is 6. The topological polar surface area (TPSA) is 83.5 Å². The molecule has 0 aliphatic carbocycles. The van der Waals surface area contributed by atoms with Crippen LogP contribution in [0.15, 0.2) is 18.2 Å². The summed E-state index contributed by atoms with van der Waals surface area (Å²) in [5.74, 6) is 0.706. The van der Waals surface area contributed by atoms with E-state index in [-0.39, 0.29) is 11.5 Å². The summed E-state index contributed by atoms with van der Waals surface area (Å²) < 4.78 is 1.63. The van der Waals surface area contributed by atoms with Crippen LogP contribution in [0.1, 0.15) is 5.82 Å². The Balaban J connectivity index is 2.19. The van der Waals surface area contributed by atoms with Crippen molar-refractivity contribution in [3.63, 3.8) is 0 Å². The first-order valence-corrected chi connectivity index (χ1v) is 5.67. The van der Waals surface area contributed by atoms with Gasteiger partial charge in [0.2, 0.25) is 4.96 Å². The number of benzene rings is 1. The summed E-state index contributed by atoms with van der Waals surface area (Å²) >= 11 is 1.34. The highest BCUT2D eigenvalue weighted by atomic mass is 32.1. The Morgan fingerprint density at radius 1 is 1.12 bits per heavy atom. The monoisotopic (exact) mass is 248 g/mol. The Labute approximate surface area is 99.8 Å². The van der Waals surface area contributed by atoms with Crippen molar-refractivity contribution in [3.05, 3.63) is 24.0 Å². The van der Waals surface area contributed by atoms with Gasteiger partial charge in [0.25, 0.3) is 0 Å². The first-order valence-electron chi connectivity index (χ1n) is 4.86. The quantitative estimate of drug-likeness (QED) is 0.683. The van der Waals surface area contributed by atoms with Crippen LogP contribution < -0.4 is 0 Å². The van der Waals surface area contributed by atoms with Crippen molar-refractivity contribution in [2.24, 2.45) is 0 Å². The molecule has 0 saturated carbocycles. The van der Waals surface area contributed by atoms with Gasteiger partial charge in [-0.2, -0.15) is 9.61 Å². The minimum Gasteiger partial charge on any atom is -0.508 e. The molecule has 0 spiro atoms. The minimum absolute atomic E-state index is 0.00249. The predicted molar refractivity (Wildman–Crippen MR) is 62.2 cm³/mol. The SMILES string of the molecule is Cc1nnc2sc(-c3cc(O)cc(O)c3)nn12. The van der Waals surface area contributed by atoms with Crippen LogP contribution in [0.25, 0.3) is 15.5 Å². The molecular weight excluding hydrogens is 240 g/mol. The van der Waals surface area contributed by atoms with E-state index in [4.69, 9.17) is 0 Å². The summed E-state index contributed by atoms with van der Waals surface area (Å²) in [4.78, 5) is 0.681. The molecule has 17 heavy (non-hydrogen) atoms. The van der Waals surface area contributed by atoms with E-state index in [1.54, 1.807) is 16.6 Å². The van der Waals surface area contributed by atoms with E-state index in [1.807, 2.05) is 6.92 Å². The van der Waals surface area contributed by atoms with Crippen LogP contribution in [-0.4, -0.2) is 30.0 Å². The van der Waals surface area contributed by atoms with Gasteiger partial charge in [-0.25, -0.2) is 0 Å². The maximum Gasteiger partial charge on any atom is 0.234 e. The van der Waals surface area contributed by atoms with Gasteiger partial charge >= 0.3 is 0 Å². The molecule has 2 N–H and O–H groups in total. The number of nitrogens with zero attached hydrogens (tertiary/aromatic N) is 4. The van der Waals surface area contributed by atoms with Gasteiger partial charge in [0.1, 0.15) is 16.5 Å². The average Bonchev–Trinajstić information content (AvgIpc) is 2.80. The van der Waals surface area contributed by atoms with E-state index >= 15 is 0 Å². The van der Waals surface area contributed by atoms with Gasteiger partial charge in [0.15, 0.2) is 5.82 Å². The van der Waals surface area contributed by atoms with E-state index in [1.165, 1.54) is 17.4 Å². The molecule has 86 valence electrons. The highest BCUT2D eigenvalue weighted by Crippen LogP contribution is 2.31. The molecule has 2 heterocycles. The second kappa shape index (κ2) is 3.42. The van der Waals surface area contributed by atoms with Gasteiger partial charge in [-0.05, 0) is 19.1 Å². The van der Waals surface area contributed by atoms with Crippen molar-refractivity contribution in [1.82, 2.24) is 19.8 Å². The van der Waals surface area contributed by atoms with Gasteiger partial charge in [-0.15, -0.1) is 10.2 Å². The van der Waals surface area contributed by atoms with Crippen LogP contribution >= 0.6 is 11.3 Å². The van der Waals surface area contributed by atoms with E-state index in [0.717, 1.165) is 0 Å². The average molecular weight is 248 g/mol. The van der Waals surface area contributed by atoms with Crippen molar-refractivity contribution in [2.75, 3.05) is 0 Å². The van der Waals surface area contributed by atoms with Crippen LogP contribution in [0.2, 0.25) is 0 Å². The molecule has 0 amide bonds. The van der Waals surface area contributed by atoms with Crippen molar-refractivity contribution >= 4 is 16.3 Å². The number of phenolic OH excluding ortho intramolecular Hbond substituents is 2. The molecule has 2 aromatic heterocycles. The maximum absolute atomic E-state index is 9.42. The molecule has 0 aliphatic rings. The normalized spacial score (nSPS) is 11.1. The molecular formula is C10H8N4O2S. The number of aryl methyl sites for hydroxylation is 1. The summed E-state index contributed by atoms with van der Waals surface area (Å²) in [6.45, 7) is 1.81. The van der Waals surface area contributed by atoms with Crippen LogP contribution in [0.4, 0.5) is 0 Å². The Hall–Kier alpha value is -2.15. The van der Waals surface area contributed by atoms with Gasteiger partial charge in [-0.1, -0.05) is 11.3 Å². The molecule has 7 heteroatoms. The largest absolute Gasteiger partial charge is 0.508 e. The first kappa shape index (κ1) is 10.0. The Morgan fingerprint density at radius 2 is 1.82 bits per heavy atom. The predicted octanol–water partition coefficient (Wildman–Crippen LogP) is 1.57. The standard InChI is InChI=1S/C10H8N4O2S/c1-5-11-12-10-14(5)13-9(17-10)6-2-7(15)4-8(16)3-6/h2-4,15-16H,1H3. The summed E-state index contributed by atoms with van der Waals surface area (Å²) in [6.07, 6.45) is 0. The molecule has 6 nitrogen and oxygen atoms in total. The van der Waals surface area contributed by atoms with Crippen LogP contribution in [0, 0.1) is 6.92 Å². The lowest BCUT2D eigenvalue weighted by Gasteiger charge is -1.98. The van der Waals surface area contributed by atoms with Crippen molar-refractivity contribution in [3.8, 4) is 22.1 Å². The smallest absolute Gasteiger partial charge is 0.234 e. The second-order valence-electron chi connectivity index (χ2n) is 3.59. The zero-order chi connectivity index (χ0) is 12.0. The molecule has 3 rings (SSSR count). The van der Waals surface area contributed by atoms with Crippen LogP contribution in [-0.2, 0) is 0 Å².